The van der Waals surface area contributed by atoms with E-state index in [4.69, 9.17) is 18.9 Å². The molecule has 6 nitrogen and oxygen atoms in total. The van der Waals surface area contributed by atoms with Crippen molar-refractivity contribution in [3.63, 3.8) is 0 Å². The Morgan fingerprint density at radius 3 is 2.00 bits per heavy atom. The molecule has 1 fully saturated rings. The van der Waals surface area contributed by atoms with E-state index in [2.05, 4.69) is 34.5 Å². The number of benzene rings is 2. The molecule has 0 amide bonds. The van der Waals surface area contributed by atoms with E-state index in [9.17, 15) is 0 Å². The lowest BCUT2D eigenvalue weighted by Gasteiger charge is -2.31. The molecule has 3 aliphatic heterocycles. The van der Waals surface area contributed by atoms with Crippen molar-refractivity contribution in [2.24, 2.45) is 0 Å². The van der Waals surface area contributed by atoms with Crippen molar-refractivity contribution in [1.29, 1.82) is 0 Å². The topological polar surface area (TPSA) is 52.2 Å². The van der Waals surface area contributed by atoms with Crippen molar-refractivity contribution in [1.82, 2.24) is 10.2 Å². The van der Waals surface area contributed by atoms with Crippen LogP contribution in [0.5, 0.6) is 23.0 Å². The van der Waals surface area contributed by atoms with E-state index >= 15 is 0 Å². The minimum Gasteiger partial charge on any atom is -0.454 e. The Bertz CT molecular complexity index is 745. The highest BCUT2D eigenvalue weighted by atomic mass is 16.7. The van der Waals surface area contributed by atoms with Gasteiger partial charge < -0.3 is 24.3 Å². The summed E-state index contributed by atoms with van der Waals surface area (Å²) < 4.78 is 22.2. The van der Waals surface area contributed by atoms with Gasteiger partial charge in [-0.3, -0.25) is 4.90 Å². The smallest absolute Gasteiger partial charge is 0.231 e. The summed E-state index contributed by atoms with van der Waals surface area (Å²) in [6, 6.07) is 12.6. The van der Waals surface area contributed by atoms with Crippen LogP contribution in [0, 0.1) is 0 Å². The van der Waals surface area contributed by atoms with Crippen LogP contribution in [-0.4, -0.2) is 44.7 Å². The number of nitrogens with zero attached hydrogens (tertiary/aromatic N) is 1. The van der Waals surface area contributed by atoms with Gasteiger partial charge in [0.25, 0.3) is 0 Å². The molecular formula is C20H22N2O4. The molecule has 5 rings (SSSR count). The molecule has 0 spiro atoms. The molecule has 6 heteroatoms. The zero-order valence-corrected chi connectivity index (χ0v) is 14.6. The quantitative estimate of drug-likeness (QED) is 0.914. The Morgan fingerprint density at radius 1 is 0.731 bits per heavy atom. The Morgan fingerprint density at radius 2 is 1.35 bits per heavy atom. The van der Waals surface area contributed by atoms with Gasteiger partial charge >= 0.3 is 0 Å². The first kappa shape index (κ1) is 15.8. The van der Waals surface area contributed by atoms with Crippen molar-refractivity contribution in [2.75, 3.05) is 39.8 Å². The molecule has 0 bridgehead atoms. The van der Waals surface area contributed by atoms with Gasteiger partial charge in [0.05, 0.1) is 6.04 Å². The fraction of sp³-hybridized carbons (Fsp3) is 0.400. The van der Waals surface area contributed by atoms with Gasteiger partial charge in [0.2, 0.25) is 13.6 Å². The summed E-state index contributed by atoms with van der Waals surface area (Å²) in [7, 11) is 0. The van der Waals surface area contributed by atoms with Gasteiger partial charge in [-0.2, -0.15) is 0 Å². The SMILES string of the molecule is c1cc2c(cc1C(c1ccc3c(c1)OCO3)N1CCCNCC1)OCO2. The maximum absolute atomic E-state index is 5.61. The van der Waals surface area contributed by atoms with Crippen molar-refractivity contribution in [3.05, 3.63) is 47.5 Å². The molecule has 136 valence electrons. The van der Waals surface area contributed by atoms with E-state index in [0.717, 1.165) is 55.6 Å². The third kappa shape index (κ3) is 2.85. The highest BCUT2D eigenvalue weighted by Gasteiger charge is 2.27. The lowest BCUT2D eigenvalue weighted by molar-refractivity contribution is 0.173. The van der Waals surface area contributed by atoms with Crippen molar-refractivity contribution >= 4 is 0 Å². The molecule has 0 atom stereocenters. The summed E-state index contributed by atoms with van der Waals surface area (Å²) in [5.74, 6) is 3.27. The summed E-state index contributed by atoms with van der Waals surface area (Å²) in [6.45, 7) is 4.67. The molecule has 0 radical (unpaired) electrons. The van der Waals surface area contributed by atoms with Crippen LogP contribution in [0.1, 0.15) is 23.6 Å². The Hall–Kier alpha value is -2.44. The fourth-order valence-electron chi connectivity index (χ4n) is 3.91. The zero-order valence-electron chi connectivity index (χ0n) is 14.6. The van der Waals surface area contributed by atoms with E-state index in [1.807, 2.05) is 12.1 Å². The summed E-state index contributed by atoms with van der Waals surface area (Å²) >= 11 is 0. The van der Waals surface area contributed by atoms with Crippen LogP contribution >= 0.6 is 0 Å². The summed E-state index contributed by atoms with van der Waals surface area (Å²) in [5.41, 5.74) is 2.41. The summed E-state index contributed by atoms with van der Waals surface area (Å²) in [4.78, 5) is 2.52. The molecule has 3 heterocycles. The van der Waals surface area contributed by atoms with Gasteiger partial charge in [0.15, 0.2) is 23.0 Å². The predicted octanol–water partition coefficient (Wildman–Crippen LogP) is 2.53. The average Bonchev–Trinajstić information content (AvgIpc) is 3.25. The highest BCUT2D eigenvalue weighted by molar-refractivity contribution is 5.50. The number of nitrogens with one attached hydrogen (secondary N) is 1. The molecule has 3 aliphatic rings. The first-order valence-electron chi connectivity index (χ1n) is 9.12. The lowest BCUT2D eigenvalue weighted by Crippen LogP contribution is -2.33. The number of fused-ring (bicyclic) bond motifs is 2. The standard InChI is InChI=1S/C20H22N2O4/c1-6-21-7-9-22(8-1)20(14-2-4-16-18(10-14)25-12-23-16)15-3-5-17-19(11-15)26-13-24-17/h2-5,10-11,20-21H,1,6-9,12-13H2. The van der Waals surface area contributed by atoms with Crippen molar-refractivity contribution in [3.8, 4) is 23.0 Å². The lowest BCUT2D eigenvalue weighted by atomic mass is 9.96. The molecule has 1 N–H and O–H groups in total. The van der Waals surface area contributed by atoms with Crippen LogP contribution in [-0.2, 0) is 0 Å². The second-order valence-electron chi connectivity index (χ2n) is 6.77. The minimum absolute atomic E-state index is 0.138. The van der Waals surface area contributed by atoms with Gasteiger partial charge in [-0.1, -0.05) is 12.1 Å². The van der Waals surface area contributed by atoms with Crippen LogP contribution in [0.25, 0.3) is 0 Å². The fourth-order valence-corrected chi connectivity index (χ4v) is 3.91. The van der Waals surface area contributed by atoms with Crippen molar-refractivity contribution < 1.29 is 18.9 Å². The second kappa shape index (κ2) is 6.70. The minimum atomic E-state index is 0.138. The average molecular weight is 354 g/mol. The molecule has 2 aromatic carbocycles. The normalized spacial score (nSPS) is 19.0. The van der Waals surface area contributed by atoms with E-state index in [1.165, 1.54) is 11.1 Å². The first-order chi connectivity index (χ1) is 12.9. The number of hydrogen-bond acceptors (Lipinski definition) is 6. The molecule has 26 heavy (non-hydrogen) atoms. The molecule has 1 saturated heterocycles. The van der Waals surface area contributed by atoms with Crippen molar-refractivity contribution in [2.45, 2.75) is 12.5 Å². The van der Waals surface area contributed by atoms with Crippen LogP contribution in [0.4, 0.5) is 0 Å². The molecular weight excluding hydrogens is 332 g/mol. The van der Waals surface area contributed by atoms with Crippen LogP contribution in [0.2, 0.25) is 0 Å². The number of ether oxygens (including phenoxy) is 4. The predicted molar refractivity (Wildman–Crippen MR) is 96.0 cm³/mol. The van der Waals surface area contributed by atoms with E-state index in [0.29, 0.717) is 13.6 Å². The van der Waals surface area contributed by atoms with Crippen LogP contribution in [0.3, 0.4) is 0 Å². The molecule has 0 saturated carbocycles. The third-order valence-corrected chi connectivity index (χ3v) is 5.16. The van der Waals surface area contributed by atoms with E-state index in [-0.39, 0.29) is 6.04 Å². The first-order valence-corrected chi connectivity index (χ1v) is 9.12. The Kier molecular flexibility index (Phi) is 4.07. The largest absolute Gasteiger partial charge is 0.454 e. The van der Waals surface area contributed by atoms with Gasteiger partial charge in [-0.15, -0.1) is 0 Å². The highest BCUT2D eigenvalue weighted by Crippen LogP contribution is 2.41. The zero-order chi connectivity index (χ0) is 17.3. The molecule has 0 aliphatic carbocycles. The van der Waals surface area contributed by atoms with Gasteiger partial charge in [0.1, 0.15) is 0 Å². The van der Waals surface area contributed by atoms with Gasteiger partial charge in [-0.25, -0.2) is 0 Å². The monoisotopic (exact) mass is 354 g/mol. The molecule has 2 aromatic rings. The van der Waals surface area contributed by atoms with Crippen LogP contribution < -0.4 is 24.3 Å². The van der Waals surface area contributed by atoms with Gasteiger partial charge in [0, 0.05) is 19.6 Å². The Labute approximate surface area is 152 Å². The summed E-state index contributed by atoms with van der Waals surface area (Å²) in [5, 5.41) is 3.49. The number of hydrogen-bond donors (Lipinski definition) is 1. The van der Waals surface area contributed by atoms with E-state index < -0.39 is 0 Å². The number of rotatable bonds is 3. The third-order valence-electron chi connectivity index (χ3n) is 5.16. The molecule has 0 aromatic heterocycles. The van der Waals surface area contributed by atoms with Crippen LogP contribution in [0.15, 0.2) is 36.4 Å². The Balaban J connectivity index is 1.56. The maximum Gasteiger partial charge on any atom is 0.231 e. The maximum atomic E-state index is 5.61. The second-order valence-corrected chi connectivity index (χ2v) is 6.77. The molecule has 0 unspecified atom stereocenters. The van der Waals surface area contributed by atoms with Gasteiger partial charge in [-0.05, 0) is 48.4 Å². The summed E-state index contributed by atoms with van der Waals surface area (Å²) in [6.07, 6.45) is 1.13. The van der Waals surface area contributed by atoms with E-state index in [1.54, 1.807) is 0 Å².